The van der Waals surface area contributed by atoms with Crippen molar-refractivity contribution in [2.45, 2.75) is 19.4 Å². The van der Waals surface area contributed by atoms with Crippen molar-refractivity contribution in [3.05, 3.63) is 60.2 Å². The zero-order valence-electron chi connectivity index (χ0n) is 13.4. The maximum absolute atomic E-state index is 5.37. The maximum atomic E-state index is 5.37. The average molecular weight is 322 g/mol. The van der Waals surface area contributed by atoms with Gasteiger partial charge in [0.05, 0.1) is 18.1 Å². The van der Waals surface area contributed by atoms with Gasteiger partial charge in [-0.1, -0.05) is 0 Å². The van der Waals surface area contributed by atoms with Crippen molar-refractivity contribution in [1.29, 1.82) is 0 Å². The van der Waals surface area contributed by atoms with Crippen LogP contribution in [-0.2, 0) is 26.4 Å². The summed E-state index contributed by atoms with van der Waals surface area (Å²) >= 11 is 0. The van der Waals surface area contributed by atoms with Gasteiger partial charge < -0.3 is 14.7 Å². The number of hydrogen-bond acceptors (Lipinski definition) is 5. The van der Waals surface area contributed by atoms with Crippen molar-refractivity contribution in [1.82, 2.24) is 24.7 Å². The van der Waals surface area contributed by atoms with Gasteiger partial charge in [0, 0.05) is 44.4 Å². The first-order valence-electron chi connectivity index (χ1n) is 7.85. The molecular weight excluding hydrogens is 304 g/mol. The third-order valence-electron chi connectivity index (χ3n) is 3.87. The number of fused-ring (bicyclic) bond motifs is 1. The zero-order valence-corrected chi connectivity index (χ0v) is 13.4. The van der Waals surface area contributed by atoms with E-state index in [1.54, 1.807) is 17.1 Å². The van der Waals surface area contributed by atoms with Crippen LogP contribution in [0.3, 0.4) is 0 Å². The molecule has 4 aromatic heterocycles. The summed E-state index contributed by atoms with van der Waals surface area (Å²) in [5, 5.41) is 7.60. The highest BCUT2D eigenvalue weighted by molar-refractivity contribution is 5.85. The van der Waals surface area contributed by atoms with E-state index < -0.39 is 0 Å². The Hall–Kier alpha value is -3.09. The molecule has 0 fully saturated rings. The lowest BCUT2D eigenvalue weighted by molar-refractivity contribution is 0.507. The average Bonchev–Trinajstić information content (AvgIpc) is 3.31. The number of imidazole rings is 1. The molecule has 4 aromatic rings. The fourth-order valence-corrected chi connectivity index (χ4v) is 2.68. The molecule has 0 saturated heterocycles. The van der Waals surface area contributed by atoms with E-state index in [1.165, 1.54) is 0 Å². The van der Waals surface area contributed by atoms with Gasteiger partial charge in [-0.15, -0.1) is 0 Å². The molecule has 0 spiro atoms. The van der Waals surface area contributed by atoms with Crippen LogP contribution in [0.5, 0.6) is 0 Å². The Morgan fingerprint density at radius 2 is 2.25 bits per heavy atom. The number of nitrogens with one attached hydrogen (secondary N) is 2. The first-order valence-corrected chi connectivity index (χ1v) is 7.85. The van der Waals surface area contributed by atoms with Gasteiger partial charge in [-0.3, -0.25) is 4.68 Å². The lowest BCUT2D eigenvalue weighted by Crippen LogP contribution is -1.99. The van der Waals surface area contributed by atoms with E-state index in [9.17, 15) is 0 Å². The lowest BCUT2D eigenvalue weighted by Gasteiger charge is -2.05. The number of nitrogens with zero attached hydrogens (tertiary/aromatic N) is 4. The van der Waals surface area contributed by atoms with Gasteiger partial charge in [0.15, 0.2) is 5.65 Å². The molecule has 0 aliphatic rings. The molecule has 0 atom stereocenters. The third kappa shape index (κ3) is 3.01. The topological polar surface area (TPSA) is 84.6 Å². The molecule has 4 rings (SSSR count). The van der Waals surface area contributed by atoms with Gasteiger partial charge in [-0.05, 0) is 18.2 Å². The summed E-state index contributed by atoms with van der Waals surface area (Å²) in [4.78, 5) is 12.3. The number of aromatic nitrogens is 5. The SMILES string of the molecule is Cn1cc(CNc2ccnc3nc(CCc4ccco4)[nH]c23)cn1. The summed E-state index contributed by atoms with van der Waals surface area (Å²) in [7, 11) is 1.91. The Kier molecular flexibility index (Phi) is 3.74. The fraction of sp³-hybridized carbons (Fsp3) is 0.235. The Labute approximate surface area is 138 Å². The van der Waals surface area contributed by atoms with Crippen LogP contribution in [0.2, 0.25) is 0 Å². The van der Waals surface area contributed by atoms with Gasteiger partial charge in [0.25, 0.3) is 0 Å². The number of rotatable bonds is 6. The Morgan fingerprint density at radius 1 is 1.29 bits per heavy atom. The van der Waals surface area contributed by atoms with Gasteiger partial charge in [-0.2, -0.15) is 5.10 Å². The molecule has 0 unspecified atom stereocenters. The quantitative estimate of drug-likeness (QED) is 0.570. The van der Waals surface area contributed by atoms with Crippen LogP contribution in [0.15, 0.2) is 47.5 Å². The Balaban J connectivity index is 1.50. The zero-order chi connectivity index (χ0) is 16.4. The van der Waals surface area contributed by atoms with Crippen molar-refractivity contribution < 1.29 is 4.42 Å². The highest BCUT2D eigenvalue weighted by Crippen LogP contribution is 2.20. The summed E-state index contributed by atoms with van der Waals surface area (Å²) in [5.41, 5.74) is 3.76. The highest BCUT2D eigenvalue weighted by Gasteiger charge is 2.09. The summed E-state index contributed by atoms with van der Waals surface area (Å²) < 4.78 is 7.16. The van der Waals surface area contributed by atoms with E-state index in [0.717, 1.165) is 46.8 Å². The van der Waals surface area contributed by atoms with Crippen LogP contribution in [0, 0.1) is 0 Å². The summed E-state index contributed by atoms with van der Waals surface area (Å²) in [6, 6.07) is 5.82. The number of aryl methyl sites for hydroxylation is 3. The van der Waals surface area contributed by atoms with Gasteiger partial charge in [0.1, 0.15) is 17.1 Å². The van der Waals surface area contributed by atoms with E-state index in [4.69, 9.17) is 4.42 Å². The molecule has 0 bridgehead atoms. The van der Waals surface area contributed by atoms with Crippen molar-refractivity contribution in [3.8, 4) is 0 Å². The Bertz CT molecular complexity index is 937. The van der Waals surface area contributed by atoms with E-state index in [2.05, 4.69) is 25.4 Å². The number of anilines is 1. The number of furan rings is 1. The standard InChI is InChI=1S/C17H18N6O/c1-23-11-12(10-20-23)9-19-14-6-7-18-17-16(14)21-15(22-17)5-4-13-3-2-8-24-13/h2-3,6-8,10-11H,4-5,9H2,1H3,(H2,18,19,21,22). The van der Waals surface area contributed by atoms with Crippen LogP contribution in [-0.4, -0.2) is 24.7 Å². The lowest BCUT2D eigenvalue weighted by atomic mass is 10.2. The molecule has 7 nitrogen and oxygen atoms in total. The minimum Gasteiger partial charge on any atom is -0.469 e. The monoisotopic (exact) mass is 322 g/mol. The predicted octanol–water partition coefficient (Wildman–Crippen LogP) is 2.68. The van der Waals surface area contributed by atoms with Gasteiger partial charge in [-0.25, -0.2) is 9.97 Å². The summed E-state index contributed by atoms with van der Waals surface area (Å²) in [6.45, 7) is 0.702. The number of hydrogen-bond donors (Lipinski definition) is 2. The minimum atomic E-state index is 0.702. The smallest absolute Gasteiger partial charge is 0.179 e. The van der Waals surface area contributed by atoms with Crippen LogP contribution < -0.4 is 5.32 Å². The van der Waals surface area contributed by atoms with Crippen LogP contribution in [0.4, 0.5) is 5.69 Å². The molecule has 24 heavy (non-hydrogen) atoms. The normalized spacial score (nSPS) is 11.2. The third-order valence-corrected chi connectivity index (χ3v) is 3.87. The largest absolute Gasteiger partial charge is 0.469 e. The van der Waals surface area contributed by atoms with Crippen molar-refractivity contribution in [3.63, 3.8) is 0 Å². The molecule has 7 heteroatoms. The van der Waals surface area contributed by atoms with E-state index in [0.29, 0.717) is 6.54 Å². The summed E-state index contributed by atoms with van der Waals surface area (Å²) in [5.74, 6) is 1.86. The van der Waals surface area contributed by atoms with Crippen molar-refractivity contribution in [2.24, 2.45) is 7.05 Å². The van der Waals surface area contributed by atoms with Crippen LogP contribution in [0.1, 0.15) is 17.1 Å². The van der Waals surface area contributed by atoms with E-state index in [1.807, 2.05) is 37.6 Å². The van der Waals surface area contributed by atoms with Crippen LogP contribution in [0.25, 0.3) is 11.2 Å². The molecule has 0 aliphatic carbocycles. The van der Waals surface area contributed by atoms with Crippen molar-refractivity contribution >= 4 is 16.9 Å². The van der Waals surface area contributed by atoms with Gasteiger partial charge in [0.2, 0.25) is 0 Å². The van der Waals surface area contributed by atoms with Crippen LogP contribution >= 0.6 is 0 Å². The molecule has 2 N–H and O–H groups in total. The number of pyridine rings is 1. The molecular formula is C17H18N6O. The molecule has 0 amide bonds. The molecule has 0 saturated carbocycles. The molecule has 0 radical (unpaired) electrons. The number of aromatic amines is 1. The first-order chi connectivity index (χ1) is 11.8. The van der Waals surface area contributed by atoms with E-state index >= 15 is 0 Å². The maximum Gasteiger partial charge on any atom is 0.179 e. The molecule has 4 heterocycles. The van der Waals surface area contributed by atoms with E-state index in [-0.39, 0.29) is 0 Å². The second-order valence-electron chi connectivity index (χ2n) is 5.70. The Morgan fingerprint density at radius 3 is 3.04 bits per heavy atom. The summed E-state index contributed by atoms with van der Waals surface area (Å²) in [6.07, 6.45) is 8.90. The van der Waals surface area contributed by atoms with Crippen molar-refractivity contribution in [2.75, 3.05) is 5.32 Å². The first kappa shape index (κ1) is 14.5. The second-order valence-corrected chi connectivity index (χ2v) is 5.70. The second kappa shape index (κ2) is 6.19. The fourth-order valence-electron chi connectivity index (χ4n) is 2.68. The molecule has 122 valence electrons. The predicted molar refractivity (Wildman–Crippen MR) is 90.5 cm³/mol. The minimum absolute atomic E-state index is 0.702. The highest BCUT2D eigenvalue weighted by atomic mass is 16.3. The number of H-pyrrole nitrogens is 1. The molecule has 0 aromatic carbocycles. The molecule has 0 aliphatic heterocycles. The van der Waals surface area contributed by atoms with Gasteiger partial charge >= 0.3 is 0 Å².